The SMILES string of the molecule is C1CC2C(CN=C3NCCN32)CN1. The first kappa shape index (κ1) is 7.62. The van der Waals surface area contributed by atoms with Gasteiger partial charge in [0.15, 0.2) is 5.96 Å². The second-order valence-electron chi connectivity index (χ2n) is 4.10. The smallest absolute Gasteiger partial charge is 0.194 e. The van der Waals surface area contributed by atoms with Crippen molar-refractivity contribution in [1.82, 2.24) is 15.5 Å². The van der Waals surface area contributed by atoms with Crippen molar-refractivity contribution >= 4 is 5.96 Å². The summed E-state index contributed by atoms with van der Waals surface area (Å²) in [5, 5.41) is 6.79. The average Bonchev–Trinajstić information content (AvgIpc) is 2.65. The number of hydrogen-bond donors (Lipinski definition) is 2. The van der Waals surface area contributed by atoms with Crippen LogP contribution in [0.25, 0.3) is 0 Å². The van der Waals surface area contributed by atoms with E-state index in [0.717, 1.165) is 44.1 Å². The van der Waals surface area contributed by atoms with Crippen molar-refractivity contribution in [3.8, 4) is 0 Å². The molecule has 2 unspecified atom stereocenters. The van der Waals surface area contributed by atoms with Crippen LogP contribution in [0.4, 0.5) is 0 Å². The molecule has 4 heteroatoms. The minimum Gasteiger partial charge on any atom is -0.354 e. The quantitative estimate of drug-likeness (QED) is 0.515. The van der Waals surface area contributed by atoms with E-state index in [4.69, 9.17) is 0 Å². The summed E-state index contributed by atoms with van der Waals surface area (Å²) in [7, 11) is 0. The third-order valence-electron chi connectivity index (χ3n) is 3.35. The lowest BCUT2D eigenvalue weighted by atomic mass is 9.91. The molecule has 0 amide bonds. The first-order valence-electron chi connectivity index (χ1n) is 5.21. The maximum absolute atomic E-state index is 4.57. The van der Waals surface area contributed by atoms with E-state index in [1.807, 2.05) is 0 Å². The lowest BCUT2D eigenvalue weighted by molar-refractivity contribution is 0.183. The predicted molar refractivity (Wildman–Crippen MR) is 51.8 cm³/mol. The first-order valence-corrected chi connectivity index (χ1v) is 5.21. The van der Waals surface area contributed by atoms with Crippen LogP contribution in [0.2, 0.25) is 0 Å². The Labute approximate surface area is 78.4 Å². The predicted octanol–water partition coefficient (Wildman–Crippen LogP) is -0.761. The molecule has 3 rings (SSSR count). The van der Waals surface area contributed by atoms with Crippen molar-refractivity contribution < 1.29 is 0 Å². The molecule has 0 saturated carbocycles. The highest BCUT2D eigenvalue weighted by Crippen LogP contribution is 2.23. The van der Waals surface area contributed by atoms with Crippen LogP contribution in [-0.4, -0.2) is 49.6 Å². The van der Waals surface area contributed by atoms with E-state index in [-0.39, 0.29) is 0 Å². The minimum atomic E-state index is 0.748. The van der Waals surface area contributed by atoms with Gasteiger partial charge in [0.2, 0.25) is 0 Å². The monoisotopic (exact) mass is 180 g/mol. The molecule has 0 aromatic rings. The van der Waals surface area contributed by atoms with Crippen LogP contribution in [0.15, 0.2) is 4.99 Å². The lowest BCUT2D eigenvalue weighted by Crippen LogP contribution is -2.54. The molecule has 0 aromatic heterocycles. The van der Waals surface area contributed by atoms with Gasteiger partial charge >= 0.3 is 0 Å². The number of rotatable bonds is 0. The van der Waals surface area contributed by atoms with E-state index in [2.05, 4.69) is 20.5 Å². The Morgan fingerprint density at radius 1 is 1.38 bits per heavy atom. The Morgan fingerprint density at radius 3 is 3.38 bits per heavy atom. The lowest BCUT2D eigenvalue weighted by Gasteiger charge is -2.41. The molecular weight excluding hydrogens is 164 g/mol. The van der Waals surface area contributed by atoms with Crippen molar-refractivity contribution in [1.29, 1.82) is 0 Å². The van der Waals surface area contributed by atoms with Gasteiger partial charge in [0, 0.05) is 38.1 Å². The highest BCUT2D eigenvalue weighted by molar-refractivity contribution is 5.82. The molecule has 72 valence electrons. The molecule has 3 heterocycles. The molecule has 0 aliphatic carbocycles. The molecule has 0 radical (unpaired) electrons. The number of fused-ring (bicyclic) bond motifs is 3. The summed E-state index contributed by atoms with van der Waals surface area (Å²) in [4.78, 5) is 7.03. The fourth-order valence-corrected chi connectivity index (χ4v) is 2.67. The first-order chi connectivity index (χ1) is 6.45. The van der Waals surface area contributed by atoms with E-state index in [1.165, 1.54) is 13.0 Å². The molecule has 0 aromatic carbocycles. The molecule has 0 bridgehead atoms. The van der Waals surface area contributed by atoms with Crippen molar-refractivity contribution in [3.63, 3.8) is 0 Å². The molecule has 13 heavy (non-hydrogen) atoms. The van der Waals surface area contributed by atoms with Crippen LogP contribution >= 0.6 is 0 Å². The van der Waals surface area contributed by atoms with E-state index in [1.54, 1.807) is 0 Å². The maximum atomic E-state index is 4.57. The number of nitrogens with zero attached hydrogens (tertiary/aromatic N) is 2. The number of hydrogen-bond acceptors (Lipinski definition) is 4. The van der Waals surface area contributed by atoms with Crippen molar-refractivity contribution in [2.24, 2.45) is 10.9 Å². The molecule has 2 N–H and O–H groups in total. The van der Waals surface area contributed by atoms with Gasteiger partial charge in [0.1, 0.15) is 0 Å². The second kappa shape index (κ2) is 2.87. The van der Waals surface area contributed by atoms with Crippen molar-refractivity contribution in [3.05, 3.63) is 0 Å². The Hall–Kier alpha value is -0.770. The summed E-state index contributed by atoms with van der Waals surface area (Å²) in [6, 6.07) is 0.753. The van der Waals surface area contributed by atoms with E-state index < -0.39 is 0 Å². The topological polar surface area (TPSA) is 39.7 Å². The van der Waals surface area contributed by atoms with Crippen LogP contribution < -0.4 is 10.6 Å². The number of piperidine rings is 1. The van der Waals surface area contributed by atoms with Gasteiger partial charge in [-0.3, -0.25) is 4.99 Å². The normalized spacial score (nSPS) is 37.5. The van der Waals surface area contributed by atoms with Gasteiger partial charge in [-0.25, -0.2) is 0 Å². The summed E-state index contributed by atoms with van der Waals surface area (Å²) in [6.45, 7) is 5.56. The molecular formula is C9H16N4. The van der Waals surface area contributed by atoms with Crippen LogP contribution in [-0.2, 0) is 0 Å². The second-order valence-corrected chi connectivity index (χ2v) is 4.10. The van der Waals surface area contributed by atoms with Gasteiger partial charge in [-0.1, -0.05) is 0 Å². The van der Waals surface area contributed by atoms with Gasteiger partial charge in [-0.15, -0.1) is 0 Å². The Bertz CT molecular complexity index is 238. The summed E-state index contributed by atoms with van der Waals surface area (Å²) in [5.74, 6) is 1.90. The number of nitrogens with one attached hydrogen (secondary N) is 2. The van der Waals surface area contributed by atoms with Gasteiger partial charge in [-0.05, 0) is 13.0 Å². The Kier molecular flexibility index (Phi) is 1.68. The van der Waals surface area contributed by atoms with Gasteiger partial charge in [-0.2, -0.15) is 0 Å². The third-order valence-corrected chi connectivity index (χ3v) is 3.35. The number of aliphatic imine (C=N–C) groups is 1. The van der Waals surface area contributed by atoms with Gasteiger partial charge < -0.3 is 15.5 Å². The Balaban J connectivity index is 1.85. The van der Waals surface area contributed by atoms with Crippen LogP contribution in [0.5, 0.6) is 0 Å². The van der Waals surface area contributed by atoms with Gasteiger partial charge in [0.05, 0.1) is 0 Å². The summed E-state index contributed by atoms with van der Waals surface area (Å²) < 4.78 is 0. The van der Waals surface area contributed by atoms with Crippen molar-refractivity contribution in [2.45, 2.75) is 12.5 Å². The van der Waals surface area contributed by atoms with Gasteiger partial charge in [0.25, 0.3) is 0 Å². The molecule has 0 spiro atoms. The summed E-state index contributed by atoms with van der Waals surface area (Å²) in [6.07, 6.45) is 1.28. The molecule has 2 atom stereocenters. The third kappa shape index (κ3) is 1.12. The van der Waals surface area contributed by atoms with Crippen LogP contribution in [0, 0.1) is 5.92 Å². The molecule has 3 aliphatic rings. The molecule has 3 aliphatic heterocycles. The molecule has 2 saturated heterocycles. The average molecular weight is 180 g/mol. The molecule has 2 fully saturated rings. The largest absolute Gasteiger partial charge is 0.354 e. The fraction of sp³-hybridized carbons (Fsp3) is 0.889. The van der Waals surface area contributed by atoms with Crippen molar-refractivity contribution in [2.75, 3.05) is 32.7 Å². The zero-order valence-electron chi connectivity index (χ0n) is 7.79. The molecule has 4 nitrogen and oxygen atoms in total. The van der Waals surface area contributed by atoms with E-state index in [0.29, 0.717) is 0 Å². The maximum Gasteiger partial charge on any atom is 0.194 e. The Morgan fingerprint density at radius 2 is 2.38 bits per heavy atom. The highest BCUT2D eigenvalue weighted by Gasteiger charge is 2.36. The minimum absolute atomic E-state index is 0.748. The summed E-state index contributed by atoms with van der Waals surface area (Å²) in [5.41, 5.74) is 0. The zero-order chi connectivity index (χ0) is 8.67. The zero-order valence-corrected chi connectivity index (χ0v) is 7.79. The van der Waals surface area contributed by atoms with E-state index >= 15 is 0 Å². The van der Waals surface area contributed by atoms with Crippen LogP contribution in [0.3, 0.4) is 0 Å². The fourth-order valence-electron chi connectivity index (χ4n) is 2.67. The van der Waals surface area contributed by atoms with Crippen LogP contribution in [0.1, 0.15) is 6.42 Å². The van der Waals surface area contributed by atoms with E-state index in [9.17, 15) is 0 Å². The summed E-state index contributed by atoms with van der Waals surface area (Å²) >= 11 is 0. The highest BCUT2D eigenvalue weighted by atomic mass is 15.4. The number of guanidine groups is 1. The standard InChI is InChI=1S/C9H16N4/c1-2-10-5-7-6-12-9-11-3-4-13(9)8(1)7/h7-8,10H,1-6H2,(H,11,12).